The molecular weight excluding hydrogens is 252 g/mol. The number of nitrogens with zero attached hydrogens (tertiary/aromatic N) is 2. The van der Waals surface area contributed by atoms with E-state index >= 15 is 0 Å². The van der Waals surface area contributed by atoms with E-state index in [1.807, 2.05) is 60.0 Å². The first-order valence-electron chi connectivity index (χ1n) is 5.88. The van der Waals surface area contributed by atoms with Crippen molar-refractivity contribution < 1.29 is 0 Å². The minimum Gasteiger partial charge on any atom is -0.247 e. The van der Waals surface area contributed by atoms with Crippen molar-refractivity contribution in [3.8, 4) is 6.07 Å². The van der Waals surface area contributed by atoms with Crippen LogP contribution < -0.4 is 0 Å². The Labute approximate surface area is 115 Å². The van der Waals surface area contributed by atoms with Gasteiger partial charge in [-0.25, -0.2) is 4.98 Å². The van der Waals surface area contributed by atoms with Gasteiger partial charge in [0.2, 0.25) is 0 Å². The molecule has 0 bridgehead atoms. The Morgan fingerprint density at radius 3 is 2.79 bits per heavy atom. The molecule has 0 saturated heterocycles. The molecule has 0 radical (unpaired) electrons. The molecule has 0 aliphatic heterocycles. The molecule has 0 N–H and O–H groups in total. The van der Waals surface area contributed by atoms with Gasteiger partial charge in [-0.3, -0.25) is 0 Å². The van der Waals surface area contributed by atoms with Crippen LogP contribution in [-0.4, -0.2) is 4.98 Å². The lowest BCUT2D eigenvalue weighted by Crippen LogP contribution is -1.88. The van der Waals surface area contributed by atoms with Crippen molar-refractivity contribution in [3.05, 3.63) is 64.5 Å². The summed E-state index contributed by atoms with van der Waals surface area (Å²) in [6.45, 7) is 0. The van der Waals surface area contributed by atoms with Crippen LogP contribution in [0, 0.1) is 11.3 Å². The molecule has 1 aromatic carbocycles. The highest BCUT2D eigenvalue weighted by atomic mass is 32.1. The average molecular weight is 262 g/mol. The molecule has 2 aromatic heterocycles. The van der Waals surface area contributed by atoms with E-state index in [-0.39, 0.29) is 0 Å². The molecule has 0 fully saturated rings. The van der Waals surface area contributed by atoms with E-state index in [0.717, 1.165) is 21.5 Å². The molecule has 19 heavy (non-hydrogen) atoms. The Kier molecular flexibility index (Phi) is 3.09. The second-order valence-corrected chi connectivity index (χ2v) is 5.05. The molecule has 2 nitrogen and oxygen atoms in total. The third kappa shape index (κ3) is 2.40. The van der Waals surface area contributed by atoms with Gasteiger partial charge in [0.15, 0.2) is 0 Å². The van der Waals surface area contributed by atoms with Gasteiger partial charge in [0.05, 0.1) is 16.8 Å². The molecule has 0 saturated carbocycles. The third-order valence-corrected chi connectivity index (χ3v) is 3.64. The normalized spacial score (nSPS) is 11.4. The predicted molar refractivity (Wildman–Crippen MR) is 79.5 cm³/mol. The summed E-state index contributed by atoms with van der Waals surface area (Å²) in [6.07, 6.45) is 1.88. The van der Waals surface area contributed by atoms with Crippen LogP contribution in [0.5, 0.6) is 0 Å². The van der Waals surface area contributed by atoms with Crippen molar-refractivity contribution in [1.82, 2.24) is 4.98 Å². The molecule has 0 amide bonds. The maximum absolute atomic E-state index is 9.30. The van der Waals surface area contributed by atoms with E-state index in [1.165, 1.54) is 0 Å². The number of nitriles is 1. The highest BCUT2D eigenvalue weighted by Gasteiger charge is 2.04. The number of hydrogen-bond acceptors (Lipinski definition) is 3. The molecule has 0 aliphatic rings. The molecule has 0 spiro atoms. The van der Waals surface area contributed by atoms with Crippen molar-refractivity contribution >= 4 is 33.9 Å². The van der Waals surface area contributed by atoms with Gasteiger partial charge >= 0.3 is 0 Å². The van der Waals surface area contributed by atoms with E-state index in [9.17, 15) is 5.26 Å². The lowest BCUT2D eigenvalue weighted by atomic mass is 10.1. The first kappa shape index (κ1) is 11.6. The van der Waals surface area contributed by atoms with Crippen LogP contribution in [0.2, 0.25) is 0 Å². The van der Waals surface area contributed by atoms with Crippen molar-refractivity contribution in [2.24, 2.45) is 0 Å². The highest BCUT2D eigenvalue weighted by Crippen LogP contribution is 2.21. The average Bonchev–Trinajstić information content (AvgIpc) is 2.97. The lowest BCUT2D eigenvalue weighted by Gasteiger charge is -2.01. The monoisotopic (exact) mass is 262 g/mol. The zero-order chi connectivity index (χ0) is 13.1. The second-order valence-electron chi connectivity index (χ2n) is 4.07. The van der Waals surface area contributed by atoms with Gasteiger partial charge in [-0.1, -0.05) is 30.3 Å². The van der Waals surface area contributed by atoms with Crippen molar-refractivity contribution in [2.45, 2.75) is 0 Å². The number of para-hydroxylation sites is 1. The summed E-state index contributed by atoms with van der Waals surface area (Å²) in [5, 5.41) is 12.4. The van der Waals surface area contributed by atoms with E-state index in [0.29, 0.717) is 5.57 Å². The Balaban J connectivity index is 2.10. The predicted octanol–water partition coefficient (Wildman–Crippen LogP) is 4.36. The minimum atomic E-state index is 0.591. The van der Waals surface area contributed by atoms with E-state index in [1.54, 1.807) is 11.3 Å². The quantitative estimate of drug-likeness (QED) is 0.643. The summed E-state index contributed by atoms with van der Waals surface area (Å²) in [5.41, 5.74) is 2.22. The first-order valence-corrected chi connectivity index (χ1v) is 6.76. The Bertz CT molecular complexity index is 780. The molecule has 2 heterocycles. The number of benzene rings is 1. The smallest absolute Gasteiger partial charge is 0.101 e. The summed E-state index contributed by atoms with van der Waals surface area (Å²) in [6, 6.07) is 18.0. The molecule has 3 aromatic rings. The van der Waals surface area contributed by atoms with Crippen molar-refractivity contribution in [1.29, 1.82) is 5.26 Å². The molecule has 90 valence electrons. The van der Waals surface area contributed by atoms with Crippen LogP contribution in [0.15, 0.2) is 53.9 Å². The zero-order valence-corrected chi connectivity index (χ0v) is 10.9. The summed E-state index contributed by atoms with van der Waals surface area (Å²) in [5.74, 6) is 0. The number of rotatable bonds is 2. The van der Waals surface area contributed by atoms with Crippen LogP contribution in [0.1, 0.15) is 10.6 Å². The van der Waals surface area contributed by atoms with Crippen LogP contribution in [0.4, 0.5) is 0 Å². The van der Waals surface area contributed by atoms with Gasteiger partial charge in [-0.05, 0) is 29.7 Å². The molecule has 0 atom stereocenters. The molecule has 3 heteroatoms. The van der Waals surface area contributed by atoms with E-state index < -0.39 is 0 Å². The molecule has 0 unspecified atom stereocenters. The number of hydrogen-bond donors (Lipinski definition) is 0. The number of thiophene rings is 1. The minimum absolute atomic E-state index is 0.591. The summed E-state index contributed by atoms with van der Waals surface area (Å²) in [4.78, 5) is 5.60. The van der Waals surface area contributed by atoms with Crippen LogP contribution in [0.25, 0.3) is 22.6 Å². The number of pyridine rings is 1. The van der Waals surface area contributed by atoms with Gasteiger partial charge in [-0.2, -0.15) is 5.26 Å². The zero-order valence-electron chi connectivity index (χ0n) is 10.1. The molecule has 0 aliphatic carbocycles. The largest absolute Gasteiger partial charge is 0.247 e. The Hall–Kier alpha value is -2.44. The van der Waals surface area contributed by atoms with Gasteiger partial charge < -0.3 is 0 Å². The van der Waals surface area contributed by atoms with E-state index in [2.05, 4.69) is 11.1 Å². The van der Waals surface area contributed by atoms with Gasteiger partial charge in [0.25, 0.3) is 0 Å². The third-order valence-electron chi connectivity index (χ3n) is 2.82. The SMILES string of the molecule is N#CC(=Cc1cccs1)c1ccc2ccccc2n1. The maximum Gasteiger partial charge on any atom is 0.101 e. The van der Waals surface area contributed by atoms with E-state index in [4.69, 9.17) is 0 Å². The topological polar surface area (TPSA) is 36.7 Å². The molecule has 3 rings (SSSR count). The van der Waals surface area contributed by atoms with Crippen molar-refractivity contribution in [2.75, 3.05) is 0 Å². The summed E-state index contributed by atoms with van der Waals surface area (Å²) < 4.78 is 0. The summed E-state index contributed by atoms with van der Waals surface area (Å²) >= 11 is 1.61. The summed E-state index contributed by atoms with van der Waals surface area (Å²) in [7, 11) is 0. The van der Waals surface area contributed by atoms with Gasteiger partial charge in [0, 0.05) is 10.3 Å². The van der Waals surface area contributed by atoms with Crippen molar-refractivity contribution in [3.63, 3.8) is 0 Å². The Morgan fingerprint density at radius 2 is 2.00 bits per heavy atom. The lowest BCUT2D eigenvalue weighted by molar-refractivity contribution is 1.35. The number of aromatic nitrogens is 1. The molecular formula is C16H10N2S. The van der Waals surface area contributed by atoms with Crippen LogP contribution >= 0.6 is 11.3 Å². The number of allylic oxidation sites excluding steroid dienone is 1. The van der Waals surface area contributed by atoms with Gasteiger partial charge in [0.1, 0.15) is 6.07 Å². The second kappa shape index (κ2) is 5.05. The fraction of sp³-hybridized carbons (Fsp3) is 0. The van der Waals surface area contributed by atoms with Crippen LogP contribution in [-0.2, 0) is 0 Å². The number of fused-ring (bicyclic) bond motifs is 1. The highest BCUT2D eigenvalue weighted by molar-refractivity contribution is 7.10. The fourth-order valence-electron chi connectivity index (χ4n) is 1.90. The van der Waals surface area contributed by atoms with Crippen LogP contribution in [0.3, 0.4) is 0 Å². The Morgan fingerprint density at radius 1 is 1.11 bits per heavy atom. The van der Waals surface area contributed by atoms with Gasteiger partial charge in [-0.15, -0.1) is 11.3 Å². The standard InChI is InChI=1S/C16H10N2S/c17-11-13(10-14-5-3-9-19-14)16-8-7-12-4-1-2-6-15(12)18-16/h1-10H. The fourth-order valence-corrected chi connectivity index (χ4v) is 2.55. The first-order chi connectivity index (χ1) is 9.36. The maximum atomic E-state index is 9.30.